The van der Waals surface area contributed by atoms with Crippen molar-refractivity contribution in [3.05, 3.63) is 15.4 Å². The van der Waals surface area contributed by atoms with Crippen LogP contribution in [0.1, 0.15) is 5.69 Å². The third-order valence-electron chi connectivity index (χ3n) is 1.23. The summed E-state index contributed by atoms with van der Waals surface area (Å²) in [4.78, 5) is 12.7. The molecule has 0 atom stereocenters. The van der Waals surface area contributed by atoms with Crippen LogP contribution in [0.2, 0.25) is 0 Å². The summed E-state index contributed by atoms with van der Waals surface area (Å²) in [6, 6.07) is 0. The lowest BCUT2D eigenvalue weighted by molar-refractivity contribution is 0.399. The smallest absolute Gasteiger partial charge is 0.308 e. The lowest BCUT2D eigenvalue weighted by Gasteiger charge is -1.96. The molecule has 0 spiro atoms. The molecule has 1 rings (SSSR count). The summed E-state index contributed by atoms with van der Waals surface area (Å²) >= 11 is 0.622. The number of H-pyrrole nitrogens is 1. The number of nitrogens with one attached hydrogen (secondary N) is 1. The Morgan fingerprint density at radius 3 is 2.42 bits per heavy atom. The predicted molar refractivity (Wildman–Crippen MR) is 43.9 cm³/mol. The van der Waals surface area contributed by atoms with Crippen molar-refractivity contribution in [2.24, 2.45) is 0 Å². The maximum absolute atomic E-state index is 11.1. The van der Waals surface area contributed by atoms with Gasteiger partial charge in [-0.05, 0) is 6.92 Å². The molecule has 5 nitrogen and oxygen atoms in total. The normalized spacial score (nSPS) is 11.8. The maximum atomic E-state index is 11.1. The van der Waals surface area contributed by atoms with Gasteiger partial charge in [0.2, 0.25) is 0 Å². The summed E-state index contributed by atoms with van der Waals surface area (Å²) in [6.07, 6.45) is 0. The predicted octanol–water partition coefficient (Wildman–Crippen LogP) is 0.0799. The first-order valence-corrected chi connectivity index (χ1v) is 5.20. The number of hydrogen-bond acceptors (Lipinski definition) is 5. The zero-order valence-corrected chi connectivity index (χ0v) is 8.08. The molecule has 1 aromatic rings. The SMILES string of the molecule is COS(=O)(=O)c1sc(=O)[nH]c1C. The second-order valence-electron chi connectivity index (χ2n) is 2.05. The van der Waals surface area contributed by atoms with Crippen LogP contribution < -0.4 is 4.87 Å². The van der Waals surface area contributed by atoms with Crippen molar-refractivity contribution >= 4 is 21.5 Å². The molecule has 12 heavy (non-hydrogen) atoms. The third kappa shape index (κ3) is 1.57. The highest BCUT2D eigenvalue weighted by Gasteiger charge is 2.19. The van der Waals surface area contributed by atoms with E-state index in [4.69, 9.17) is 0 Å². The Balaban J connectivity index is 3.39. The van der Waals surface area contributed by atoms with E-state index in [1.165, 1.54) is 6.92 Å². The summed E-state index contributed by atoms with van der Waals surface area (Å²) < 4.78 is 26.3. The van der Waals surface area contributed by atoms with Gasteiger partial charge < -0.3 is 4.98 Å². The van der Waals surface area contributed by atoms with Gasteiger partial charge in [-0.2, -0.15) is 8.42 Å². The Bertz CT molecular complexity index is 427. The van der Waals surface area contributed by atoms with E-state index in [0.29, 0.717) is 17.0 Å². The summed E-state index contributed by atoms with van der Waals surface area (Å²) in [5, 5.41) is 0. The van der Waals surface area contributed by atoms with Crippen LogP contribution in [0.5, 0.6) is 0 Å². The number of rotatable bonds is 2. The van der Waals surface area contributed by atoms with Crippen LogP contribution in [0.15, 0.2) is 9.00 Å². The fraction of sp³-hybridized carbons (Fsp3) is 0.400. The molecule has 1 aromatic heterocycles. The molecule has 0 amide bonds. The van der Waals surface area contributed by atoms with E-state index in [0.717, 1.165) is 7.11 Å². The molecular formula is C5H7NO4S2. The van der Waals surface area contributed by atoms with Gasteiger partial charge >= 0.3 is 15.0 Å². The molecule has 1 heterocycles. The van der Waals surface area contributed by atoms with Crippen molar-refractivity contribution < 1.29 is 12.6 Å². The molecule has 0 aliphatic heterocycles. The van der Waals surface area contributed by atoms with Crippen molar-refractivity contribution in [3.8, 4) is 0 Å². The van der Waals surface area contributed by atoms with Crippen molar-refractivity contribution in [3.63, 3.8) is 0 Å². The molecule has 0 bridgehead atoms. The number of thiazole rings is 1. The van der Waals surface area contributed by atoms with E-state index < -0.39 is 15.0 Å². The minimum Gasteiger partial charge on any atom is -0.315 e. The molecule has 0 aliphatic rings. The van der Waals surface area contributed by atoms with Crippen molar-refractivity contribution in [1.29, 1.82) is 0 Å². The van der Waals surface area contributed by atoms with Gasteiger partial charge in [0, 0.05) is 5.69 Å². The minimum absolute atomic E-state index is 0.0602. The summed E-state index contributed by atoms with van der Waals surface area (Å²) in [5.74, 6) is 0. The zero-order chi connectivity index (χ0) is 9.35. The molecule has 0 aliphatic carbocycles. The van der Waals surface area contributed by atoms with Crippen molar-refractivity contribution in [2.45, 2.75) is 11.1 Å². The summed E-state index contributed by atoms with van der Waals surface area (Å²) in [6.45, 7) is 1.50. The van der Waals surface area contributed by atoms with E-state index in [1.54, 1.807) is 0 Å². The third-order valence-corrected chi connectivity index (χ3v) is 4.07. The van der Waals surface area contributed by atoms with Crippen LogP contribution in [0, 0.1) is 6.92 Å². The Morgan fingerprint density at radius 2 is 2.08 bits per heavy atom. The quantitative estimate of drug-likeness (QED) is 0.700. The van der Waals surface area contributed by atoms with Crippen LogP contribution in [-0.2, 0) is 14.3 Å². The fourth-order valence-electron chi connectivity index (χ4n) is 0.705. The van der Waals surface area contributed by atoms with E-state index >= 15 is 0 Å². The Morgan fingerprint density at radius 1 is 1.50 bits per heavy atom. The maximum Gasteiger partial charge on any atom is 0.308 e. The molecule has 68 valence electrons. The Labute approximate surface area is 73.1 Å². The number of hydrogen-bond donors (Lipinski definition) is 1. The number of aryl methyl sites for hydroxylation is 1. The summed E-state index contributed by atoms with van der Waals surface area (Å²) in [7, 11) is -2.67. The van der Waals surface area contributed by atoms with Gasteiger partial charge in [-0.15, -0.1) is 0 Å². The van der Waals surface area contributed by atoms with E-state index in [2.05, 4.69) is 9.17 Å². The van der Waals surface area contributed by atoms with Crippen LogP contribution >= 0.6 is 11.3 Å². The highest BCUT2D eigenvalue weighted by Crippen LogP contribution is 2.17. The van der Waals surface area contributed by atoms with Gasteiger partial charge in [-0.3, -0.25) is 8.98 Å². The molecule has 0 aromatic carbocycles. The first-order valence-electron chi connectivity index (χ1n) is 2.97. The monoisotopic (exact) mass is 209 g/mol. The lowest BCUT2D eigenvalue weighted by atomic mass is 10.6. The highest BCUT2D eigenvalue weighted by atomic mass is 32.3. The molecular weight excluding hydrogens is 202 g/mol. The molecule has 0 fully saturated rings. The molecule has 7 heteroatoms. The van der Waals surface area contributed by atoms with Gasteiger partial charge in [0.05, 0.1) is 7.11 Å². The van der Waals surface area contributed by atoms with Crippen molar-refractivity contribution in [2.75, 3.05) is 7.11 Å². The molecule has 0 radical (unpaired) electrons. The first kappa shape index (κ1) is 9.43. The fourth-order valence-corrected chi connectivity index (χ4v) is 2.70. The van der Waals surface area contributed by atoms with Gasteiger partial charge in [0.15, 0.2) is 4.21 Å². The first-order chi connectivity index (χ1) is 5.47. The van der Waals surface area contributed by atoms with Crippen LogP contribution in [-0.4, -0.2) is 20.5 Å². The number of aromatic amines is 1. The second kappa shape index (κ2) is 3.00. The van der Waals surface area contributed by atoms with Gasteiger partial charge in [0.1, 0.15) is 0 Å². The molecule has 0 saturated carbocycles. The van der Waals surface area contributed by atoms with Crippen LogP contribution in [0.3, 0.4) is 0 Å². The molecule has 0 unspecified atom stereocenters. The lowest BCUT2D eigenvalue weighted by Crippen LogP contribution is -2.01. The molecule has 1 N–H and O–H groups in total. The highest BCUT2D eigenvalue weighted by molar-refractivity contribution is 7.89. The van der Waals surface area contributed by atoms with Crippen molar-refractivity contribution in [1.82, 2.24) is 4.98 Å². The largest absolute Gasteiger partial charge is 0.315 e. The average Bonchev–Trinajstić information content (AvgIpc) is 2.31. The van der Waals surface area contributed by atoms with E-state index in [1.807, 2.05) is 0 Å². The van der Waals surface area contributed by atoms with Gasteiger partial charge in [-0.1, -0.05) is 11.3 Å². The van der Waals surface area contributed by atoms with E-state index in [-0.39, 0.29) is 4.21 Å². The Hall–Kier alpha value is -0.660. The van der Waals surface area contributed by atoms with Crippen LogP contribution in [0.4, 0.5) is 0 Å². The number of aromatic nitrogens is 1. The standard InChI is InChI=1S/C5H7NO4S2/c1-3-4(11-5(7)6-3)12(8,9)10-2/h1-2H3,(H,6,7). The van der Waals surface area contributed by atoms with E-state index in [9.17, 15) is 13.2 Å². The van der Waals surface area contributed by atoms with Gasteiger partial charge in [0.25, 0.3) is 0 Å². The average molecular weight is 209 g/mol. The Kier molecular flexibility index (Phi) is 2.36. The van der Waals surface area contributed by atoms with Gasteiger partial charge in [-0.25, -0.2) is 0 Å². The molecule has 0 saturated heterocycles. The minimum atomic E-state index is -3.72. The second-order valence-corrected chi connectivity index (χ2v) is 4.94. The topological polar surface area (TPSA) is 76.2 Å². The summed E-state index contributed by atoms with van der Waals surface area (Å²) in [5.41, 5.74) is 0.312. The van der Waals surface area contributed by atoms with Crippen LogP contribution in [0.25, 0.3) is 0 Å². The zero-order valence-electron chi connectivity index (χ0n) is 6.45.